The van der Waals surface area contributed by atoms with Gasteiger partial charge in [0.15, 0.2) is 0 Å². The van der Waals surface area contributed by atoms with Gasteiger partial charge in [-0.25, -0.2) is 0 Å². The molecule has 0 amide bonds. The molecule has 1 aliphatic heterocycles. The zero-order chi connectivity index (χ0) is 18.6. The number of amidine groups is 1. The maximum absolute atomic E-state index is 5.98. The standard InChI is InChI=1S/C23H24N2O2.CH4/c1-16-3-5-17(6-4-16)18-7-8-19-15-22(27-12-11-26-2)21(14-20(19)13-18)23-24-9-10-25-23;/h3-8,13-15H,9-12H2,1-2H3,(H,24,25);1H4. The molecule has 0 aliphatic carbocycles. The van der Waals surface area contributed by atoms with Crippen LogP contribution in [0.15, 0.2) is 59.6 Å². The van der Waals surface area contributed by atoms with Gasteiger partial charge in [-0.15, -0.1) is 0 Å². The summed E-state index contributed by atoms with van der Waals surface area (Å²) in [6.45, 7) is 4.85. The van der Waals surface area contributed by atoms with Crippen LogP contribution in [0.4, 0.5) is 0 Å². The Morgan fingerprint density at radius 2 is 1.71 bits per heavy atom. The summed E-state index contributed by atoms with van der Waals surface area (Å²) in [4.78, 5) is 4.59. The number of methoxy groups -OCH3 is 1. The number of fused-ring (bicyclic) bond motifs is 1. The van der Waals surface area contributed by atoms with Gasteiger partial charge in [-0.2, -0.15) is 0 Å². The molecule has 3 aromatic rings. The first kappa shape index (κ1) is 19.9. The van der Waals surface area contributed by atoms with Gasteiger partial charge in [0.1, 0.15) is 18.2 Å². The van der Waals surface area contributed by atoms with Crippen molar-refractivity contribution in [3.05, 3.63) is 65.7 Å². The van der Waals surface area contributed by atoms with Crippen LogP contribution in [0.25, 0.3) is 21.9 Å². The van der Waals surface area contributed by atoms with Gasteiger partial charge in [0.2, 0.25) is 0 Å². The zero-order valence-corrected chi connectivity index (χ0v) is 15.8. The van der Waals surface area contributed by atoms with Gasteiger partial charge in [0.25, 0.3) is 0 Å². The van der Waals surface area contributed by atoms with Crippen molar-refractivity contribution < 1.29 is 9.47 Å². The largest absolute Gasteiger partial charge is 0.490 e. The van der Waals surface area contributed by atoms with Gasteiger partial charge in [0, 0.05) is 13.7 Å². The Kier molecular flexibility index (Phi) is 6.32. The predicted octanol–water partition coefficient (Wildman–Crippen LogP) is 4.83. The van der Waals surface area contributed by atoms with Crippen LogP contribution in [0.3, 0.4) is 0 Å². The molecule has 4 nitrogen and oxygen atoms in total. The van der Waals surface area contributed by atoms with Crippen LogP contribution in [-0.2, 0) is 4.74 Å². The fourth-order valence-corrected chi connectivity index (χ4v) is 3.32. The minimum absolute atomic E-state index is 0. The third kappa shape index (κ3) is 4.18. The highest BCUT2D eigenvalue weighted by Crippen LogP contribution is 2.30. The monoisotopic (exact) mass is 376 g/mol. The van der Waals surface area contributed by atoms with Gasteiger partial charge in [0.05, 0.1) is 18.7 Å². The lowest BCUT2D eigenvalue weighted by Gasteiger charge is -2.14. The van der Waals surface area contributed by atoms with Crippen LogP contribution in [0.5, 0.6) is 5.75 Å². The summed E-state index contributed by atoms with van der Waals surface area (Å²) in [5, 5.41) is 5.69. The summed E-state index contributed by atoms with van der Waals surface area (Å²) in [6, 6.07) is 19.5. The minimum Gasteiger partial charge on any atom is -0.490 e. The third-order valence-corrected chi connectivity index (χ3v) is 4.80. The number of ether oxygens (including phenoxy) is 2. The SMILES string of the molecule is C.COCCOc1cc2ccc(-c3ccc(C)cc3)cc2cc1C1=NCCN1. The summed E-state index contributed by atoms with van der Waals surface area (Å²) in [6.07, 6.45) is 0. The number of hydrogen-bond donors (Lipinski definition) is 1. The number of nitrogens with zero attached hydrogens (tertiary/aromatic N) is 1. The maximum Gasteiger partial charge on any atom is 0.132 e. The molecular weight excluding hydrogens is 348 g/mol. The van der Waals surface area contributed by atoms with E-state index >= 15 is 0 Å². The fraction of sp³-hybridized carbons (Fsp3) is 0.292. The molecule has 4 heteroatoms. The van der Waals surface area contributed by atoms with E-state index in [0.717, 1.165) is 35.6 Å². The van der Waals surface area contributed by atoms with Crippen molar-refractivity contribution in [1.29, 1.82) is 0 Å². The average Bonchev–Trinajstić information content (AvgIpc) is 3.22. The first-order valence-electron chi connectivity index (χ1n) is 9.30. The number of rotatable bonds is 6. The Morgan fingerprint density at radius 1 is 0.929 bits per heavy atom. The Labute approximate surface area is 167 Å². The zero-order valence-electron chi connectivity index (χ0n) is 15.8. The smallest absolute Gasteiger partial charge is 0.132 e. The Hall–Kier alpha value is -2.85. The molecule has 1 heterocycles. The summed E-state index contributed by atoms with van der Waals surface area (Å²) in [7, 11) is 1.68. The van der Waals surface area contributed by atoms with E-state index < -0.39 is 0 Å². The highest BCUT2D eigenvalue weighted by Gasteiger charge is 2.15. The maximum atomic E-state index is 5.98. The molecule has 3 aromatic carbocycles. The first-order chi connectivity index (χ1) is 13.2. The van der Waals surface area contributed by atoms with Crippen molar-refractivity contribution in [3.8, 4) is 16.9 Å². The minimum atomic E-state index is 0. The molecule has 146 valence electrons. The second-order valence-corrected chi connectivity index (χ2v) is 6.77. The summed E-state index contributed by atoms with van der Waals surface area (Å²) in [5.74, 6) is 1.75. The topological polar surface area (TPSA) is 42.9 Å². The van der Waals surface area contributed by atoms with E-state index in [1.165, 1.54) is 22.1 Å². The number of hydrogen-bond acceptors (Lipinski definition) is 4. The van der Waals surface area contributed by atoms with E-state index in [9.17, 15) is 0 Å². The van der Waals surface area contributed by atoms with Gasteiger partial charge in [-0.3, -0.25) is 4.99 Å². The van der Waals surface area contributed by atoms with Crippen LogP contribution >= 0.6 is 0 Å². The van der Waals surface area contributed by atoms with E-state index in [4.69, 9.17) is 9.47 Å². The van der Waals surface area contributed by atoms with Crippen LogP contribution in [0.1, 0.15) is 18.6 Å². The third-order valence-electron chi connectivity index (χ3n) is 4.80. The molecule has 0 saturated carbocycles. The molecule has 0 saturated heterocycles. The molecule has 0 aromatic heterocycles. The second-order valence-electron chi connectivity index (χ2n) is 6.77. The van der Waals surface area contributed by atoms with Crippen molar-refractivity contribution >= 4 is 16.6 Å². The van der Waals surface area contributed by atoms with E-state index in [1.807, 2.05) is 0 Å². The molecule has 28 heavy (non-hydrogen) atoms. The van der Waals surface area contributed by atoms with Crippen molar-refractivity contribution in [2.75, 3.05) is 33.4 Å². The summed E-state index contributed by atoms with van der Waals surface area (Å²) >= 11 is 0. The quantitative estimate of drug-likeness (QED) is 0.627. The fourth-order valence-electron chi connectivity index (χ4n) is 3.32. The molecule has 0 spiro atoms. The molecule has 0 fully saturated rings. The molecular formula is C24H28N2O2. The van der Waals surface area contributed by atoms with Crippen molar-refractivity contribution in [2.45, 2.75) is 14.4 Å². The molecule has 1 N–H and O–H groups in total. The van der Waals surface area contributed by atoms with E-state index in [1.54, 1.807) is 7.11 Å². The van der Waals surface area contributed by atoms with E-state index in [2.05, 4.69) is 71.8 Å². The average molecular weight is 377 g/mol. The molecule has 1 aliphatic rings. The number of nitrogens with one attached hydrogen (secondary N) is 1. The summed E-state index contributed by atoms with van der Waals surface area (Å²) < 4.78 is 11.1. The molecule has 0 radical (unpaired) electrons. The Balaban J connectivity index is 0.00000225. The van der Waals surface area contributed by atoms with Crippen LogP contribution in [-0.4, -0.2) is 39.2 Å². The van der Waals surface area contributed by atoms with Crippen LogP contribution < -0.4 is 10.1 Å². The molecule has 0 bridgehead atoms. The van der Waals surface area contributed by atoms with Gasteiger partial charge < -0.3 is 14.8 Å². The highest BCUT2D eigenvalue weighted by molar-refractivity contribution is 6.06. The van der Waals surface area contributed by atoms with E-state index in [-0.39, 0.29) is 7.43 Å². The van der Waals surface area contributed by atoms with Crippen molar-refractivity contribution in [3.63, 3.8) is 0 Å². The number of aryl methyl sites for hydroxylation is 1. The van der Waals surface area contributed by atoms with Crippen molar-refractivity contribution in [2.24, 2.45) is 4.99 Å². The number of benzene rings is 3. The van der Waals surface area contributed by atoms with Crippen molar-refractivity contribution in [1.82, 2.24) is 5.32 Å². The van der Waals surface area contributed by atoms with Gasteiger partial charge >= 0.3 is 0 Å². The normalized spacial score (nSPS) is 13.0. The van der Waals surface area contributed by atoms with E-state index in [0.29, 0.717) is 13.2 Å². The highest BCUT2D eigenvalue weighted by atomic mass is 16.5. The second kappa shape index (κ2) is 8.89. The van der Waals surface area contributed by atoms with Gasteiger partial charge in [-0.05, 0) is 47.0 Å². The lowest BCUT2D eigenvalue weighted by molar-refractivity contribution is 0.146. The predicted molar refractivity (Wildman–Crippen MR) is 118 cm³/mol. The lowest BCUT2D eigenvalue weighted by Crippen LogP contribution is -2.20. The lowest BCUT2D eigenvalue weighted by atomic mass is 9.98. The summed E-state index contributed by atoms with van der Waals surface area (Å²) in [5.41, 5.74) is 4.71. The number of aliphatic imine (C=N–C) groups is 1. The van der Waals surface area contributed by atoms with Crippen LogP contribution in [0, 0.1) is 6.92 Å². The van der Waals surface area contributed by atoms with Crippen LogP contribution in [0.2, 0.25) is 0 Å². The Morgan fingerprint density at radius 3 is 2.43 bits per heavy atom. The molecule has 0 atom stereocenters. The van der Waals surface area contributed by atoms with Gasteiger partial charge in [-0.1, -0.05) is 49.4 Å². The Bertz CT molecular complexity index is 978. The molecule has 0 unspecified atom stereocenters. The molecule has 4 rings (SSSR count). The first-order valence-corrected chi connectivity index (χ1v) is 9.30.